The number of amides is 2. The number of benzene rings is 2. The number of hydrogen-bond acceptors (Lipinski definition) is 2. The topological polar surface area (TPSA) is 40.6 Å². The predicted octanol–water partition coefficient (Wildman–Crippen LogP) is 3.85. The highest BCUT2D eigenvalue weighted by molar-refractivity contribution is 6.31. The van der Waals surface area contributed by atoms with E-state index in [1.54, 1.807) is 24.1 Å². The van der Waals surface area contributed by atoms with Gasteiger partial charge in [-0.25, -0.2) is 4.39 Å². The van der Waals surface area contributed by atoms with Crippen molar-refractivity contribution >= 4 is 29.1 Å². The molecule has 1 heterocycles. The first-order chi connectivity index (χ1) is 13.0. The number of hydrogen-bond donors (Lipinski definition) is 0. The molecule has 3 atom stereocenters. The Morgan fingerprint density at radius 1 is 1.19 bits per heavy atom. The second-order valence-electron chi connectivity index (χ2n) is 7.16. The monoisotopic (exact) mass is 386 g/mol. The standard InChI is InChI=1S/C21H20ClFN2O2/c1-24(18-10-11-25(21(18)27)13-6-3-2-4-7-13)20(26)15-12-14(15)19-16(22)8-5-9-17(19)23/h2-9,14-15,18H,10-12H2,1H3/t14-,15-,18-/m1/s1. The van der Waals surface area contributed by atoms with Gasteiger partial charge < -0.3 is 9.80 Å². The maximum Gasteiger partial charge on any atom is 0.249 e. The van der Waals surface area contributed by atoms with E-state index < -0.39 is 6.04 Å². The molecule has 0 bridgehead atoms. The zero-order valence-electron chi connectivity index (χ0n) is 14.9. The van der Waals surface area contributed by atoms with Gasteiger partial charge in [-0.2, -0.15) is 0 Å². The summed E-state index contributed by atoms with van der Waals surface area (Å²) in [6.45, 7) is 0.582. The Morgan fingerprint density at radius 2 is 1.93 bits per heavy atom. The molecule has 0 radical (unpaired) electrons. The molecule has 0 unspecified atom stereocenters. The van der Waals surface area contributed by atoms with Crippen molar-refractivity contribution in [2.24, 2.45) is 5.92 Å². The minimum Gasteiger partial charge on any atom is -0.333 e. The summed E-state index contributed by atoms with van der Waals surface area (Å²) in [5, 5.41) is 0.352. The Hall–Kier alpha value is -2.40. The van der Waals surface area contributed by atoms with Crippen LogP contribution in [0, 0.1) is 11.7 Å². The van der Waals surface area contributed by atoms with Crippen LogP contribution in [0.25, 0.3) is 0 Å². The second-order valence-corrected chi connectivity index (χ2v) is 7.57. The smallest absolute Gasteiger partial charge is 0.249 e. The first-order valence-electron chi connectivity index (χ1n) is 9.06. The van der Waals surface area contributed by atoms with Gasteiger partial charge >= 0.3 is 0 Å². The molecule has 4 nitrogen and oxygen atoms in total. The van der Waals surface area contributed by atoms with Gasteiger partial charge in [-0.3, -0.25) is 9.59 Å². The van der Waals surface area contributed by atoms with Gasteiger partial charge in [0.2, 0.25) is 11.8 Å². The highest BCUT2D eigenvalue weighted by Crippen LogP contribution is 2.51. The van der Waals surface area contributed by atoms with Gasteiger partial charge in [-0.1, -0.05) is 35.9 Å². The lowest BCUT2D eigenvalue weighted by Crippen LogP contribution is -2.43. The number of nitrogens with zero attached hydrogens (tertiary/aromatic N) is 2. The Kier molecular flexibility index (Phi) is 4.64. The number of anilines is 1. The maximum absolute atomic E-state index is 14.1. The van der Waals surface area contributed by atoms with Gasteiger partial charge in [0.15, 0.2) is 0 Å². The molecule has 2 aliphatic rings. The van der Waals surface area contributed by atoms with Crippen molar-refractivity contribution in [3.05, 3.63) is 64.9 Å². The molecule has 27 heavy (non-hydrogen) atoms. The number of rotatable bonds is 4. The lowest BCUT2D eigenvalue weighted by Gasteiger charge is -2.24. The molecule has 2 aromatic rings. The van der Waals surface area contributed by atoms with Crippen LogP contribution in [0.3, 0.4) is 0 Å². The summed E-state index contributed by atoms with van der Waals surface area (Å²) in [5.41, 5.74) is 1.25. The minimum absolute atomic E-state index is 0.0711. The Morgan fingerprint density at radius 3 is 2.63 bits per heavy atom. The van der Waals surface area contributed by atoms with E-state index in [1.165, 1.54) is 11.0 Å². The zero-order valence-corrected chi connectivity index (χ0v) is 15.7. The Bertz CT molecular complexity index is 869. The van der Waals surface area contributed by atoms with Crippen LogP contribution >= 0.6 is 11.6 Å². The molecule has 2 amide bonds. The minimum atomic E-state index is -0.477. The van der Waals surface area contributed by atoms with Crippen LogP contribution in [-0.2, 0) is 9.59 Å². The van der Waals surface area contributed by atoms with E-state index in [-0.39, 0.29) is 29.5 Å². The second kappa shape index (κ2) is 6.97. The van der Waals surface area contributed by atoms with E-state index in [0.29, 0.717) is 30.0 Å². The molecule has 1 saturated heterocycles. The first kappa shape index (κ1) is 18.0. The van der Waals surface area contributed by atoms with Crippen molar-refractivity contribution in [2.45, 2.75) is 24.8 Å². The summed E-state index contributed by atoms with van der Waals surface area (Å²) >= 11 is 6.13. The fraction of sp³-hybridized carbons (Fsp3) is 0.333. The molecule has 0 spiro atoms. The molecule has 2 fully saturated rings. The van der Waals surface area contributed by atoms with Crippen molar-refractivity contribution in [2.75, 3.05) is 18.5 Å². The van der Waals surface area contributed by atoms with Gasteiger partial charge in [0.25, 0.3) is 0 Å². The van der Waals surface area contributed by atoms with E-state index in [1.807, 2.05) is 30.3 Å². The Balaban J connectivity index is 1.46. The average Bonchev–Trinajstić information content (AvgIpc) is 3.35. The summed E-state index contributed by atoms with van der Waals surface area (Å²) < 4.78 is 14.1. The van der Waals surface area contributed by atoms with E-state index >= 15 is 0 Å². The van der Waals surface area contributed by atoms with Crippen LogP contribution in [0.15, 0.2) is 48.5 Å². The van der Waals surface area contributed by atoms with Crippen molar-refractivity contribution in [3.63, 3.8) is 0 Å². The highest BCUT2D eigenvalue weighted by atomic mass is 35.5. The van der Waals surface area contributed by atoms with Crippen molar-refractivity contribution < 1.29 is 14.0 Å². The summed E-state index contributed by atoms with van der Waals surface area (Å²) in [7, 11) is 1.66. The van der Waals surface area contributed by atoms with Crippen molar-refractivity contribution in [1.29, 1.82) is 0 Å². The van der Waals surface area contributed by atoms with Crippen LogP contribution in [0.5, 0.6) is 0 Å². The Labute approximate surface area is 162 Å². The molecule has 6 heteroatoms. The molecule has 4 rings (SSSR count). The van der Waals surface area contributed by atoms with Crippen LogP contribution in [0.2, 0.25) is 5.02 Å². The third-order valence-corrected chi connectivity index (χ3v) is 5.87. The molecular formula is C21H20ClFN2O2. The highest BCUT2D eigenvalue weighted by Gasteiger charge is 2.49. The van der Waals surface area contributed by atoms with E-state index in [2.05, 4.69) is 0 Å². The van der Waals surface area contributed by atoms with E-state index in [9.17, 15) is 14.0 Å². The number of likely N-dealkylation sites (N-methyl/N-ethyl adjacent to an activating group) is 1. The first-order valence-corrected chi connectivity index (χ1v) is 9.44. The number of carbonyl (C=O) groups excluding carboxylic acids is 2. The van der Waals surface area contributed by atoms with E-state index in [0.717, 1.165) is 5.69 Å². The lowest BCUT2D eigenvalue weighted by molar-refractivity contribution is -0.137. The van der Waals surface area contributed by atoms with Gasteiger partial charge in [0, 0.05) is 41.7 Å². The fourth-order valence-corrected chi connectivity index (χ4v) is 4.26. The van der Waals surface area contributed by atoms with Gasteiger partial charge in [0.05, 0.1) is 0 Å². The molecule has 1 saturated carbocycles. The van der Waals surface area contributed by atoms with Gasteiger partial charge in [-0.15, -0.1) is 0 Å². The molecule has 140 valence electrons. The largest absolute Gasteiger partial charge is 0.333 e. The average molecular weight is 387 g/mol. The van der Waals surface area contributed by atoms with Crippen LogP contribution in [0.1, 0.15) is 24.3 Å². The summed E-state index contributed by atoms with van der Waals surface area (Å²) in [5.74, 6) is -1.10. The normalized spacial score (nSPS) is 24.2. The quantitative estimate of drug-likeness (QED) is 0.800. The lowest BCUT2D eigenvalue weighted by atomic mass is 10.1. The van der Waals surface area contributed by atoms with Gasteiger partial charge in [0.1, 0.15) is 11.9 Å². The number of para-hydroxylation sites is 1. The molecule has 0 aromatic heterocycles. The maximum atomic E-state index is 14.1. The molecule has 1 aliphatic carbocycles. The number of halogens is 2. The SMILES string of the molecule is CN(C(=O)[C@@H]1C[C@H]1c1c(F)cccc1Cl)[C@@H]1CCN(c2ccccc2)C1=O. The van der Waals surface area contributed by atoms with Crippen molar-refractivity contribution in [3.8, 4) is 0 Å². The fourth-order valence-electron chi connectivity index (χ4n) is 3.96. The third kappa shape index (κ3) is 3.21. The third-order valence-electron chi connectivity index (χ3n) is 5.54. The molecule has 1 aliphatic heterocycles. The van der Waals surface area contributed by atoms with Crippen LogP contribution in [-0.4, -0.2) is 36.3 Å². The zero-order chi connectivity index (χ0) is 19.1. The summed E-state index contributed by atoms with van der Waals surface area (Å²) in [6.07, 6.45) is 1.15. The van der Waals surface area contributed by atoms with Crippen LogP contribution in [0.4, 0.5) is 10.1 Å². The molecule has 0 N–H and O–H groups in total. The van der Waals surface area contributed by atoms with Crippen LogP contribution < -0.4 is 4.90 Å². The molecular weight excluding hydrogens is 367 g/mol. The van der Waals surface area contributed by atoms with Gasteiger partial charge in [-0.05, 0) is 37.1 Å². The summed E-state index contributed by atoms with van der Waals surface area (Å²) in [6, 6.07) is 13.5. The molecule has 2 aromatic carbocycles. The summed E-state index contributed by atoms with van der Waals surface area (Å²) in [4.78, 5) is 28.9. The number of carbonyl (C=O) groups is 2. The predicted molar refractivity (Wildman–Crippen MR) is 102 cm³/mol. The van der Waals surface area contributed by atoms with Crippen molar-refractivity contribution in [1.82, 2.24) is 4.90 Å². The van der Waals surface area contributed by atoms with E-state index in [4.69, 9.17) is 11.6 Å².